The van der Waals surface area contributed by atoms with Gasteiger partial charge >= 0.3 is 0 Å². The van der Waals surface area contributed by atoms with Crippen LogP contribution in [-0.4, -0.2) is 10.7 Å². The van der Waals surface area contributed by atoms with Crippen molar-refractivity contribution in [2.75, 3.05) is 0 Å². The molecule has 3 aliphatic carbocycles. The predicted molar refractivity (Wildman–Crippen MR) is 56.8 cm³/mol. The van der Waals surface area contributed by atoms with Crippen molar-refractivity contribution < 1.29 is 5.11 Å². The van der Waals surface area contributed by atoms with Gasteiger partial charge in [-0.1, -0.05) is 20.3 Å². The summed E-state index contributed by atoms with van der Waals surface area (Å²) in [7, 11) is 0. The number of hydrogen-bond donors (Lipinski definition) is 1. The van der Waals surface area contributed by atoms with Crippen LogP contribution in [0.5, 0.6) is 0 Å². The summed E-state index contributed by atoms with van der Waals surface area (Å²) >= 11 is 0. The van der Waals surface area contributed by atoms with Crippen LogP contribution in [-0.2, 0) is 0 Å². The van der Waals surface area contributed by atoms with Crippen LogP contribution in [0.3, 0.4) is 0 Å². The summed E-state index contributed by atoms with van der Waals surface area (Å²) in [6, 6.07) is 0. The first-order valence-corrected chi connectivity index (χ1v) is 6.33. The third-order valence-corrected chi connectivity index (χ3v) is 5.67. The van der Waals surface area contributed by atoms with Gasteiger partial charge in [-0.05, 0) is 55.3 Å². The first-order valence-electron chi connectivity index (χ1n) is 6.33. The van der Waals surface area contributed by atoms with Crippen LogP contribution in [0.1, 0.15) is 46.0 Å². The summed E-state index contributed by atoms with van der Waals surface area (Å²) in [5, 5.41) is 10.7. The molecule has 1 N–H and O–H groups in total. The molecule has 3 fully saturated rings. The Hall–Kier alpha value is -0.0400. The van der Waals surface area contributed by atoms with E-state index in [1.807, 2.05) is 0 Å². The number of hydrogen-bond acceptors (Lipinski definition) is 1. The van der Waals surface area contributed by atoms with Gasteiger partial charge in [-0.15, -0.1) is 0 Å². The third kappa shape index (κ3) is 0.997. The Kier molecular flexibility index (Phi) is 1.81. The van der Waals surface area contributed by atoms with E-state index in [1.165, 1.54) is 25.7 Å². The fourth-order valence-corrected chi connectivity index (χ4v) is 4.56. The molecule has 0 spiro atoms. The number of fused-ring (bicyclic) bond motifs is 2. The molecule has 14 heavy (non-hydrogen) atoms. The molecule has 1 heteroatoms. The second kappa shape index (κ2) is 2.75. The molecule has 0 radical (unpaired) electrons. The highest BCUT2D eigenvalue weighted by molar-refractivity contribution is 5.08. The van der Waals surface area contributed by atoms with Crippen LogP contribution in [0.15, 0.2) is 0 Å². The van der Waals surface area contributed by atoms with Crippen molar-refractivity contribution in [1.82, 2.24) is 0 Å². The molecule has 0 heterocycles. The molecule has 3 rings (SSSR count). The summed E-state index contributed by atoms with van der Waals surface area (Å²) in [6.07, 6.45) is 6.67. The lowest BCUT2D eigenvalue weighted by molar-refractivity contribution is -0.175. The van der Waals surface area contributed by atoms with E-state index in [2.05, 4.69) is 13.8 Å². The Labute approximate surface area is 86.9 Å². The summed E-state index contributed by atoms with van der Waals surface area (Å²) in [4.78, 5) is 0. The van der Waals surface area contributed by atoms with E-state index in [1.54, 1.807) is 0 Å². The highest BCUT2D eigenvalue weighted by Crippen LogP contribution is 2.59. The minimum atomic E-state index is -0.265. The molecule has 6 unspecified atom stereocenters. The lowest BCUT2D eigenvalue weighted by Crippen LogP contribution is -2.57. The molecule has 6 atom stereocenters. The topological polar surface area (TPSA) is 20.2 Å². The zero-order chi connectivity index (χ0) is 9.92. The average molecular weight is 194 g/mol. The summed E-state index contributed by atoms with van der Waals surface area (Å²) < 4.78 is 0. The Morgan fingerprint density at radius 3 is 2.36 bits per heavy atom. The molecule has 0 aromatic rings. The van der Waals surface area contributed by atoms with E-state index in [-0.39, 0.29) is 5.60 Å². The van der Waals surface area contributed by atoms with E-state index in [9.17, 15) is 5.11 Å². The Morgan fingerprint density at radius 1 is 1.14 bits per heavy atom. The Bertz CT molecular complexity index is 250. The number of aliphatic hydroxyl groups is 1. The molecule has 0 saturated heterocycles. The SMILES string of the molecule is CC1CC(O)(C2CC3CCC2C3)C1C. The van der Waals surface area contributed by atoms with Gasteiger partial charge in [0.05, 0.1) is 5.60 Å². The largest absolute Gasteiger partial charge is 0.389 e. The minimum Gasteiger partial charge on any atom is -0.389 e. The van der Waals surface area contributed by atoms with Gasteiger partial charge in [0.15, 0.2) is 0 Å². The van der Waals surface area contributed by atoms with E-state index in [4.69, 9.17) is 0 Å². The van der Waals surface area contributed by atoms with Crippen molar-refractivity contribution in [2.24, 2.45) is 29.6 Å². The fourth-order valence-electron chi connectivity index (χ4n) is 4.56. The zero-order valence-corrected chi connectivity index (χ0v) is 9.37. The van der Waals surface area contributed by atoms with Crippen LogP contribution in [0.2, 0.25) is 0 Å². The van der Waals surface area contributed by atoms with Crippen LogP contribution in [0.4, 0.5) is 0 Å². The van der Waals surface area contributed by atoms with Crippen molar-refractivity contribution in [3.05, 3.63) is 0 Å². The van der Waals surface area contributed by atoms with Gasteiger partial charge in [0.1, 0.15) is 0 Å². The molecule has 0 aliphatic heterocycles. The van der Waals surface area contributed by atoms with Crippen molar-refractivity contribution in [2.45, 2.75) is 51.6 Å². The second-order valence-corrected chi connectivity index (χ2v) is 6.24. The first kappa shape index (κ1) is 9.21. The third-order valence-electron chi connectivity index (χ3n) is 5.67. The smallest absolute Gasteiger partial charge is 0.0709 e. The lowest BCUT2D eigenvalue weighted by Gasteiger charge is -2.54. The van der Waals surface area contributed by atoms with Crippen LogP contribution in [0, 0.1) is 29.6 Å². The molecule has 1 nitrogen and oxygen atoms in total. The van der Waals surface area contributed by atoms with E-state index in [0.29, 0.717) is 11.8 Å². The summed E-state index contributed by atoms with van der Waals surface area (Å²) in [5.74, 6) is 3.80. The second-order valence-electron chi connectivity index (χ2n) is 6.24. The predicted octanol–water partition coefficient (Wildman–Crippen LogP) is 2.83. The monoisotopic (exact) mass is 194 g/mol. The highest BCUT2D eigenvalue weighted by Gasteiger charge is 2.58. The molecular formula is C13H22O. The van der Waals surface area contributed by atoms with Crippen LogP contribution < -0.4 is 0 Å². The standard InChI is InChI=1S/C13H22O/c1-8-7-13(14,9(8)2)12-6-10-3-4-11(12)5-10/h8-12,14H,3-7H2,1-2H3. The van der Waals surface area contributed by atoms with Crippen molar-refractivity contribution in [3.8, 4) is 0 Å². The van der Waals surface area contributed by atoms with Gasteiger partial charge in [0.25, 0.3) is 0 Å². The molecule has 0 aromatic carbocycles. The maximum atomic E-state index is 10.7. The molecule has 0 amide bonds. The molecule has 3 saturated carbocycles. The average Bonchev–Trinajstić information content (AvgIpc) is 2.78. The zero-order valence-electron chi connectivity index (χ0n) is 9.37. The molecule has 2 bridgehead atoms. The molecule has 80 valence electrons. The fraction of sp³-hybridized carbons (Fsp3) is 1.00. The lowest BCUT2D eigenvalue weighted by atomic mass is 9.55. The van der Waals surface area contributed by atoms with E-state index >= 15 is 0 Å². The van der Waals surface area contributed by atoms with Gasteiger partial charge in [0.2, 0.25) is 0 Å². The van der Waals surface area contributed by atoms with E-state index < -0.39 is 0 Å². The van der Waals surface area contributed by atoms with Crippen molar-refractivity contribution in [1.29, 1.82) is 0 Å². The molecule has 0 aromatic heterocycles. The van der Waals surface area contributed by atoms with Gasteiger partial charge < -0.3 is 5.11 Å². The minimum absolute atomic E-state index is 0.265. The van der Waals surface area contributed by atoms with E-state index in [0.717, 1.165) is 24.2 Å². The number of rotatable bonds is 1. The van der Waals surface area contributed by atoms with Gasteiger partial charge in [-0.3, -0.25) is 0 Å². The Morgan fingerprint density at radius 2 is 1.93 bits per heavy atom. The summed E-state index contributed by atoms with van der Waals surface area (Å²) in [6.45, 7) is 4.53. The molecular weight excluding hydrogens is 172 g/mol. The van der Waals surface area contributed by atoms with Crippen LogP contribution >= 0.6 is 0 Å². The van der Waals surface area contributed by atoms with Gasteiger partial charge in [0, 0.05) is 0 Å². The maximum absolute atomic E-state index is 10.7. The van der Waals surface area contributed by atoms with Crippen molar-refractivity contribution in [3.63, 3.8) is 0 Å². The Balaban J connectivity index is 1.77. The summed E-state index contributed by atoms with van der Waals surface area (Å²) in [5.41, 5.74) is -0.265. The first-order chi connectivity index (χ1) is 6.61. The highest BCUT2D eigenvalue weighted by atomic mass is 16.3. The maximum Gasteiger partial charge on any atom is 0.0709 e. The van der Waals surface area contributed by atoms with Crippen LogP contribution in [0.25, 0.3) is 0 Å². The molecule has 3 aliphatic rings. The van der Waals surface area contributed by atoms with Gasteiger partial charge in [-0.25, -0.2) is 0 Å². The van der Waals surface area contributed by atoms with Gasteiger partial charge in [-0.2, -0.15) is 0 Å². The quantitative estimate of drug-likeness (QED) is 0.680. The van der Waals surface area contributed by atoms with Crippen molar-refractivity contribution >= 4 is 0 Å². The normalized spacial score (nSPS) is 61.5.